The van der Waals surface area contributed by atoms with Crippen molar-refractivity contribution in [2.24, 2.45) is 0 Å². The summed E-state index contributed by atoms with van der Waals surface area (Å²) in [6.07, 6.45) is 2.04. The molecule has 0 fully saturated rings. The summed E-state index contributed by atoms with van der Waals surface area (Å²) in [6, 6.07) is 0. The van der Waals surface area contributed by atoms with E-state index in [9.17, 15) is 4.79 Å². The smallest absolute Gasteiger partial charge is 0.225 e. The number of hydrogen-bond acceptors (Lipinski definition) is 4. The van der Waals surface area contributed by atoms with E-state index < -0.39 is 0 Å². The second-order valence-electron chi connectivity index (χ2n) is 3.98. The molecule has 6 nitrogen and oxygen atoms in total. The van der Waals surface area contributed by atoms with Crippen molar-refractivity contribution >= 4 is 5.91 Å². The number of H-pyrrole nitrogens is 1. The lowest BCUT2D eigenvalue weighted by molar-refractivity contribution is -0.133. The number of ether oxygens (including phenoxy) is 1. The van der Waals surface area contributed by atoms with Crippen molar-refractivity contribution in [3.63, 3.8) is 0 Å². The summed E-state index contributed by atoms with van der Waals surface area (Å²) in [5.41, 5.74) is 0.866. The van der Waals surface area contributed by atoms with Gasteiger partial charge in [-0.3, -0.25) is 4.79 Å². The second kappa shape index (κ2) is 7.84. The van der Waals surface area contributed by atoms with Crippen molar-refractivity contribution in [3.8, 4) is 0 Å². The topological polar surface area (TPSA) is 78.4 Å². The molecule has 1 aromatic rings. The highest BCUT2D eigenvalue weighted by molar-refractivity contribution is 5.76. The van der Waals surface area contributed by atoms with Crippen molar-refractivity contribution in [3.05, 3.63) is 17.7 Å². The van der Waals surface area contributed by atoms with Gasteiger partial charge in [0.1, 0.15) is 5.82 Å². The lowest BCUT2D eigenvalue weighted by Gasteiger charge is -2.21. The van der Waals surface area contributed by atoms with Gasteiger partial charge in [-0.2, -0.15) is 0 Å². The summed E-state index contributed by atoms with van der Waals surface area (Å²) in [4.78, 5) is 20.7. The number of nitrogens with zero attached hydrogens (tertiary/aromatic N) is 2. The van der Waals surface area contributed by atoms with Gasteiger partial charge in [0.15, 0.2) is 0 Å². The minimum atomic E-state index is -0.0481. The Morgan fingerprint density at radius 1 is 1.61 bits per heavy atom. The second-order valence-corrected chi connectivity index (χ2v) is 3.98. The average molecular weight is 255 g/mol. The molecule has 0 radical (unpaired) electrons. The molecule has 18 heavy (non-hydrogen) atoms. The molecule has 0 aliphatic heterocycles. The molecule has 0 unspecified atom stereocenters. The van der Waals surface area contributed by atoms with Gasteiger partial charge < -0.3 is 19.7 Å². The van der Waals surface area contributed by atoms with Gasteiger partial charge in [-0.1, -0.05) is 0 Å². The van der Waals surface area contributed by atoms with Crippen LogP contribution in [0.25, 0.3) is 0 Å². The number of carbonyl (C=O) groups excluding carboxylic acids is 1. The molecule has 0 aromatic carbocycles. The van der Waals surface area contributed by atoms with Crippen molar-refractivity contribution in [1.29, 1.82) is 0 Å². The maximum absolute atomic E-state index is 11.9. The van der Waals surface area contributed by atoms with Crippen LogP contribution in [-0.2, 0) is 16.1 Å². The largest absolute Gasteiger partial charge is 0.395 e. The Bertz CT molecular complexity index is 365. The van der Waals surface area contributed by atoms with Crippen molar-refractivity contribution in [2.75, 3.05) is 26.4 Å². The Labute approximate surface area is 107 Å². The lowest BCUT2D eigenvalue weighted by atomic mass is 10.3. The highest BCUT2D eigenvalue weighted by Gasteiger charge is 2.14. The van der Waals surface area contributed by atoms with E-state index >= 15 is 0 Å². The zero-order valence-corrected chi connectivity index (χ0v) is 11.0. The maximum Gasteiger partial charge on any atom is 0.225 e. The van der Waals surface area contributed by atoms with Gasteiger partial charge in [-0.25, -0.2) is 4.98 Å². The van der Waals surface area contributed by atoms with Crippen molar-refractivity contribution in [1.82, 2.24) is 14.9 Å². The third-order valence-corrected chi connectivity index (χ3v) is 2.50. The molecule has 2 N–H and O–H groups in total. The third kappa shape index (κ3) is 4.85. The van der Waals surface area contributed by atoms with Gasteiger partial charge in [0, 0.05) is 13.2 Å². The normalized spacial score (nSPS) is 10.6. The van der Waals surface area contributed by atoms with Gasteiger partial charge in [0.2, 0.25) is 5.91 Å². The summed E-state index contributed by atoms with van der Waals surface area (Å²) in [6.45, 7) is 5.48. The number of imidazole rings is 1. The van der Waals surface area contributed by atoms with Gasteiger partial charge in [-0.05, 0) is 13.8 Å². The molecule has 0 bridgehead atoms. The third-order valence-electron chi connectivity index (χ3n) is 2.50. The SMILES string of the molecule is CCOCCC(=O)N(CCO)Cc1cnc(C)[nH]1. The highest BCUT2D eigenvalue weighted by Crippen LogP contribution is 2.04. The number of carbonyl (C=O) groups is 1. The first-order valence-corrected chi connectivity index (χ1v) is 6.14. The fraction of sp³-hybridized carbons (Fsp3) is 0.667. The van der Waals surface area contributed by atoms with Crippen molar-refractivity contribution < 1.29 is 14.6 Å². The number of aromatic amines is 1. The molecule has 1 aromatic heterocycles. The first-order valence-electron chi connectivity index (χ1n) is 6.14. The minimum Gasteiger partial charge on any atom is -0.395 e. The molecule has 1 amide bonds. The summed E-state index contributed by atoms with van der Waals surface area (Å²) >= 11 is 0. The molecule has 6 heteroatoms. The van der Waals surface area contributed by atoms with Gasteiger partial charge in [-0.15, -0.1) is 0 Å². The summed E-state index contributed by atoms with van der Waals surface area (Å²) in [5.74, 6) is 0.792. The molecule has 0 spiro atoms. The average Bonchev–Trinajstić information content (AvgIpc) is 2.74. The summed E-state index contributed by atoms with van der Waals surface area (Å²) in [5, 5.41) is 8.99. The number of aliphatic hydroxyl groups excluding tert-OH is 1. The van der Waals surface area contributed by atoms with Crippen LogP contribution in [-0.4, -0.2) is 52.2 Å². The standard InChI is InChI=1S/C12H21N3O3/c1-3-18-7-4-12(17)15(5-6-16)9-11-8-13-10(2)14-11/h8,16H,3-7,9H2,1-2H3,(H,13,14). The Kier molecular flexibility index (Phi) is 6.38. The first-order chi connectivity index (χ1) is 8.67. The number of aliphatic hydroxyl groups is 1. The molecular weight excluding hydrogens is 234 g/mol. The number of nitrogens with one attached hydrogen (secondary N) is 1. The molecule has 0 aliphatic rings. The summed E-state index contributed by atoms with van der Waals surface area (Å²) in [7, 11) is 0. The Morgan fingerprint density at radius 2 is 2.39 bits per heavy atom. The highest BCUT2D eigenvalue weighted by atomic mass is 16.5. The van der Waals surface area contributed by atoms with Crippen LogP contribution in [0.3, 0.4) is 0 Å². The van der Waals surface area contributed by atoms with Crippen LogP contribution in [0.15, 0.2) is 6.20 Å². The Balaban J connectivity index is 2.50. The molecule has 102 valence electrons. The number of aromatic nitrogens is 2. The fourth-order valence-corrected chi connectivity index (χ4v) is 1.63. The van der Waals surface area contributed by atoms with E-state index in [-0.39, 0.29) is 12.5 Å². The predicted octanol–water partition coefficient (Wildman–Crippen LogP) is 0.466. The zero-order valence-electron chi connectivity index (χ0n) is 11.0. The van der Waals surface area contributed by atoms with Gasteiger partial charge in [0.05, 0.1) is 38.1 Å². The lowest BCUT2D eigenvalue weighted by Crippen LogP contribution is -2.33. The number of aryl methyl sites for hydroxylation is 1. The Morgan fingerprint density at radius 3 is 2.94 bits per heavy atom. The monoisotopic (exact) mass is 255 g/mol. The van der Waals surface area contributed by atoms with Gasteiger partial charge >= 0.3 is 0 Å². The number of rotatable bonds is 8. The minimum absolute atomic E-state index is 0.0234. The van der Waals surface area contributed by atoms with E-state index in [4.69, 9.17) is 9.84 Å². The quantitative estimate of drug-likeness (QED) is 0.662. The molecular formula is C12H21N3O3. The van der Waals surface area contributed by atoms with Crippen LogP contribution in [0.4, 0.5) is 0 Å². The summed E-state index contributed by atoms with van der Waals surface area (Å²) < 4.78 is 5.16. The maximum atomic E-state index is 11.9. The molecule has 0 saturated carbocycles. The van der Waals surface area contributed by atoms with Crippen LogP contribution >= 0.6 is 0 Å². The molecule has 0 aliphatic carbocycles. The number of amides is 1. The van der Waals surface area contributed by atoms with Crippen LogP contribution in [0.5, 0.6) is 0 Å². The van der Waals surface area contributed by atoms with Crippen LogP contribution in [0.2, 0.25) is 0 Å². The first kappa shape index (κ1) is 14.7. The van der Waals surface area contributed by atoms with Crippen LogP contribution in [0.1, 0.15) is 24.9 Å². The van der Waals surface area contributed by atoms with E-state index in [2.05, 4.69) is 9.97 Å². The van der Waals surface area contributed by atoms with Crippen LogP contribution < -0.4 is 0 Å². The Hall–Kier alpha value is -1.40. The van der Waals surface area contributed by atoms with E-state index in [1.165, 1.54) is 0 Å². The number of hydrogen-bond donors (Lipinski definition) is 2. The van der Waals surface area contributed by atoms with E-state index in [0.29, 0.717) is 32.7 Å². The molecule has 0 atom stereocenters. The zero-order chi connectivity index (χ0) is 13.4. The predicted molar refractivity (Wildman–Crippen MR) is 66.9 cm³/mol. The molecule has 0 saturated heterocycles. The van der Waals surface area contributed by atoms with Crippen molar-refractivity contribution in [2.45, 2.75) is 26.8 Å². The van der Waals surface area contributed by atoms with Gasteiger partial charge in [0.25, 0.3) is 0 Å². The van der Waals surface area contributed by atoms with E-state index in [1.54, 1.807) is 11.1 Å². The van der Waals surface area contributed by atoms with E-state index in [0.717, 1.165) is 11.5 Å². The fourth-order valence-electron chi connectivity index (χ4n) is 1.63. The molecule has 1 rings (SSSR count). The molecule has 1 heterocycles. The van der Waals surface area contributed by atoms with Crippen LogP contribution in [0, 0.1) is 6.92 Å². The van der Waals surface area contributed by atoms with E-state index in [1.807, 2.05) is 13.8 Å².